The van der Waals surface area contributed by atoms with E-state index in [0.717, 1.165) is 29.0 Å². The van der Waals surface area contributed by atoms with Gasteiger partial charge in [0.15, 0.2) is 0 Å². The maximum atomic E-state index is 13.3. The number of benzene rings is 3. The van der Waals surface area contributed by atoms with Crippen LogP contribution in [-0.4, -0.2) is 31.2 Å². The summed E-state index contributed by atoms with van der Waals surface area (Å²) in [4.78, 5) is 2.25. The lowest BCUT2D eigenvalue weighted by Gasteiger charge is -2.39. The molecule has 3 aromatic carbocycles. The number of hydrogen-bond donors (Lipinski definition) is 0. The molecule has 0 aromatic heterocycles. The minimum Gasteiger partial charge on any atom is -0.496 e. The van der Waals surface area contributed by atoms with Gasteiger partial charge in [0.1, 0.15) is 5.75 Å². The Bertz CT molecular complexity index is 1150. The minimum absolute atomic E-state index is 0.113. The Morgan fingerprint density at radius 1 is 0.838 bits per heavy atom. The molecular formula is C28H27F6NO2. The van der Waals surface area contributed by atoms with Crippen LogP contribution in [0.4, 0.5) is 26.3 Å². The number of methoxy groups -OCH3 is 1. The first-order chi connectivity index (χ1) is 17.5. The summed E-state index contributed by atoms with van der Waals surface area (Å²) in [7, 11) is 1.61. The molecule has 1 aliphatic rings. The molecule has 37 heavy (non-hydrogen) atoms. The van der Waals surface area contributed by atoms with E-state index in [1.54, 1.807) is 7.11 Å². The maximum Gasteiger partial charge on any atom is 0.416 e. The van der Waals surface area contributed by atoms with Gasteiger partial charge in [-0.1, -0.05) is 48.5 Å². The van der Waals surface area contributed by atoms with Gasteiger partial charge in [0.2, 0.25) is 0 Å². The molecular weight excluding hydrogens is 496 g/mol. The smallest absolute Gasteiger partial charge is 0.416 e. The lowest BCUT2D eigenvalue weighted by atomic mass is 9.87. The molecule has 4 rings (SSSR count). The quantitative estimate of drug-likeness (QED) is 0.303. The average Bonchev–Trinajstić information content (AvgIpc) is 2.87. The first-order valence-corrected chi connectivity index (χ1v) is 11.8. The Hall–Kier alpha value is -3.04. The van der Waals surface area contributed by atoms with Crippen molar-refractivity contribution in [1.82, 2.24) is 4.90 Å². The Labute approximate surface area is 211 Å². The molecule has 9 heteroatoms. The van der Waals surface area contributed by atoms with Crippen molar-refractivity contribution < 1.29 is 35.8 Å². The molecule has 198 valence electrons. The van der Waals surface area contributed by atoms with Crippen molar-refractivity contribution in [3.63, 3.8) is 0 Å². The number of alkyl halides is 6. The molecule has 1 saturated heterocycles. The molecule has 1 aliphatic heterocycles. The van der Waals surface area contributed by atoms with Crippen LogP contribution in [0.3, 0.4) is 0 Å². The van der Waals surface area contributed by atoms with Crippen LogP contribution < -0.4 is 4.74 Å². The van der Waals surface area contributed by atoms with Crippen molar-refractivity contribution in [2.45, 2.75) is 43.9 Å². The van der Waals surface area contributed by atoms with Crippen LogP contribution in [0.2, 0.25) is 0 Å². The van der Waals surface area contributed by atoms with Gasteiger partial charge in [-0.3, -0.25) is 4.90 Å². The number of hydrogen-bond acceptors (Lipinski definition) is 3. The van der Waals surface area contributed by atoms with Crippen molar-refractivity contribution in [2.75, 3.05) is 20.2 Å². The topological polar surface area (TPSA) is 21.7 Å². The van der Waals surface area contributed by atoms with Crippen molar-refractivity contribution >= 4 is 0 Å². The van der Waals surface area contributed by atoms with Gasteiger partial charge in [0.25, 0.3) is 0 Å². The van der Waals surface area contributed by atoms with E-state index in [0.29, 0.717) is 26.1 Å². The fraction of sp³-hybridized carbons (Fsp3) is 0.357. The predicted octanol–water partition coefficient (Wildman–Crippen LogP) is 7.31. The van der Waals surface area contributed by atoms with Gasteiger partial charge in [-0.15, -0.1) is 0 Å². The van der Waals surface area contributed by atoms with E-state index in [1.807, 2.05) is 54.6 Å². The van der Waals surface area contributed by atoms with Crippen LogP contribution in [-0.2, 0) is 30.2 Å². The van der Waals surface area contributed by atoms with Crippen molar-refractivity contribution in [3.8, 4) is 5.75 Å². The fourth-order valence-corrected chi connectivity index (χ4v) is 4.74. The molecule has 0 bridgehead atoms. The third kappa shape index (κ3) is 6.84. The highest BCUT2D eigenvalue weighted by atomic mass is 19.4. The summed E-state index contributed by atoms with van der Waals surface area (Å²) in [5, 5.41) is 0. The lowest BCUT2D eigenvalue weighted by Crippen LogP contribution is -2.42. The van der Waals surface area contributed by atoms with Crippen LogP contribution in [0, 0.1) is 0 Å². The Morgan fingerprint density at radius 2 is 1.46 bits per heavy atom. The first kappa shape index (κ1) is 27.0. The highest BCUT2D eigenvalue weighted by Gasteiger charge is 2.37. The molecule has 0 amide bonds. The Kier molecular flexibility index (Phi) is 8.14. The van der Waals surface area contributed by atoms with Gasteiger partial charge in [-0.2, -0.15) is 26.3 Å². The molecule has 0 saturated carbocycles. The number of rotatable bonds is 7. The average molecular weight is 524 g/mol. The molecule has 1 heterocycles. The summed E-state index contributed by atoms with van der Waals surface area (Å²) < 4.78 is 91.1. The summed E-state index contributed by atoms with van der Waals surface area (Å²) in [6, 6.07) is 18.9. The number of piperidine rings is 1. The molecule has 3 nitrogen and oxygen atoms in total. The van der Waals surface area contributed by atoms with Crippen LogP contribution >= 0.6 is 0 Å². The maximum absolute atomic E-state index is 13.3. The predicted molar refractivity (Wildman–Crippen MR) is 127 cm³/mol. The highest BCUT2D eigenvalue weighted by molar-refractivity contribution is 5.34. The highest BCUT2D eigenvalue weighted by Crippen LogP contribution is 2.37. The number of para-hydroxylation sites is 1. The van der Waals surface area contributed by atoms with Crippen LogP contribution in [0.1, 0.15) is 40.2 Å². The second-order valence-corrected chi connectivity index (χ2v) is 9.12. The lowest BCUT2D eigenvalue weighted by molar-refractivity contribution is -0.143. The van der Waals surface area contributed by atoms with Gasteiger partial charge >= 0.3 is 12.4 Å². The van der Waals surface area contributed by atoms with Crippen molar-refractivity contribution in [1.29, 1.82) is 0 Å². The number of nitrogens with zero attached hydrogens (tertiary/aromatic N) is 1. The van der Waals surface area contributed by atoms with Gasteiger partial charge in [0, 0.05) is 31.1 Å². The second-order valence-electron chi connectivity index (χ2n) is 9.12. The molecule has 1 fully saturated rings. The summed E-state index contributed by atoms with van der Waals surface area (Å²) >= 11 is 0. The molecule has 3 aromatic rings. The van der Waals surface area contributed by atoms with Gasteiger partial charge in [-0.05, 0) is 41.8 Å². The Morgan fingerprint density at radius 3 is 2.08 bits per heavy atom. The third-order valence-corrected chi connectivity index (χ3v) is 6.56. The second kappa shape index (κ2) is 11.1. The SMILES string of the molecule is COc1ccccc1CN1CC[C@H](OCc2cc(C(F)(F)F)cc(C(F)(F)F)c2)[C@H](c2ccccc2)C1. The summed E-state index contributed by atoms with van der Waals surface area (Å²) in [6.45, 7) is 1.56. The van der Waals surface area contributed by atoms with Gasteiger partial charge < -0.3 is 9.47 Å². The third-order valence-electron chi connectivity index (χ3n) is 6.56. The summed E-state index contributed by atoms with van der Waals surface area (Å²) in [5.74, 6) is 0.666. The first-order valence-electron chi connectivity index (χ1n) is 11.8. The number of ether oxygens (including phenoxy) is 2. The van der Waals surface area contributed by atoms with E-state index in [-0.39, 0.29) is 30.3 Å². The molecule has 0 radical (unpaired) electrons. The van der Waals surface area contributed by atoms with E-state index in [9.17, 15) is 26.3 Å². The molecule has 0 aliphatic carbocycles. The van der Waals surface area contributed by atoms with Crippen LogP contribution in [0.25, 0.3) is 0 Å². The van der Waals surface area contributed by atoms with Crippen LogP contribution in [0.15, 0.2) is 72.8 Å². The van der Waals surface area contributed by atoms with E-state index >= 15 is 0 Å². The normalized spacial score (nSPS) is 19.1. The zero-order valence-corrected chi connectivity index (χ0v) is 20.1. The molecule has 0 N–H and O–H groups in total. The Balaban J connectivity index is 1.54. The van der Waals surface area contributed by atoms with Crippen molar-refractivity contribution in [2.24, 2.45) is 0 Å². The van der Waals surface area contributed by atoms with Crippen molar-refractivity contribution in [3.05, 3.63) is 101 Å². The van der Waals surface area contributed by atoms with E-state index in [4.69, 9.17) is 9.47 Å². The largest absolute Gasteiger partial charge is 0.496 e. The van der Waals surface area contributed by atoms with E-state index in [1.165, 1.54) is 0 Å². The molecule has 2 atom stereocenters. The molecule has 0 spiro atoms. The van der Waals surface area contributed by atoms with E-state index in [2.05, 4.69) is 4.90 Å². The molecule has 0 unspecified atom stereocenters. The zero-order valence-electron chi connectivity index (χ0n) is 20.1. The number of halogens is 6. The van der Waals surface area contributed by atoms with Gasteiger partial charge in [0.05, 0.1) is 30.9 Å². The summed E-state index contributed by atoms with van der Waals surface area (Å²) in [6.07, 6.45) is -9.60. The van der Waals surface area contributed by atoms with E-state index < -0.39 is 23.5 Å². The monoisotopic (exact) mass is 523 g/mol. The summed E-state index contributed by atoms with van der Waals surface area (Å²) in [5.41, 5.74) is -0.818. The van der Waals surface area contributed by atoms with Crippen LogP contribution in [0.5, 0.6) is 5.75 Å². The standard InChI is InChI=1S/C28H27F6NO2/c1-36-25-10-6-5-9-21(25)16-35-12-11-26(24(17-35)20-7-3-2-4-8-20)37-18-19-13-22(27(29,30)31)15-23(14-19)28(32,33)34/h2-10,13-15,24,26H,11-12,16-18H2,1H3/t24-,26-/m0/s1. The fourth-order valence-electron chi connectivity index (χ4n) is 4.74. The zero-order chi connectivity index (χ0) is 26.6. The number of likely N-dealkylation sites (tertiary alicyclic amines) is 1. The van der Waals surface area contributed by atoms with Gasteiger partial charge in [-0.25, -0.2) is 0 Å². The minimum atomic E-state index is -4.90.